The van der Waals surface area contributed by atoms with Gasteiger partial charge >= 0.3 is 0 Å². The first-order valence-electron chi connectivity index (χ1n) is 10.5. The summed E-state index contributed by atoms with van der Waals surface area (Å²) in [5.74, 6) is 0. The summed E-state index contributed by atoms with van der Waals surface area (Å²) in [5, 5.41) is 0. The number of aromatic nitrogens is 3. The van der Waals surface area contributed by atoms with Crippen molar-refractivity contribution in [2.75, 3.05) is 13.2 Å². The first-order valence-corrected chi connectivity index (χ1v) is 10.5. The zero-order valence-electron chi connectivity index (χ0n) is 17.4. The average molecular weight is 391 g/mol. The summed E-state index contributed by atoms with van der Waals surface area (Å²) in [7, 11) is 0. The van der Waals surface area contributed by atoms with Gasteiger partial charge in [-0.1, -0.05) is 12.1 Å². The molecule has 4 rings (SSSR count). The van der Waals surface area contributed by atoms with Gasteiger partial charge < -0.3 is 9.30 Å². The summed E-state index contributed by atoms with van der Waals surface area (Å²) in [6.07, 6.45) is 8.30. The molecule has 0 bridgehead atoms. The van der Waals surface area contributed by atoms with Crippen molar-refractivity contribution >= 4 is 0 Å². The summed E-state index contributed by atoms with van der Waals surface area (Å²) in [6, 6.07) is 12.6. The van der Waals surface area contributed by atoms with Gasteiger partial charge in [0.25, 0.3) is 0 Å². The fraction of sp³-hybridized carbons (Fsp3) is 0.417. The summed E-state index contributed by atoms with van der Waals surface area (Å²) in [5.41, 5.74) is 6.32. The highest BCUT2D eigenvalue weighted by molar-refractivity contribution is 5.28. The smallest absolute Gasteiger partial charge is 0.0703 e. The molecule has 5 heteroatoms. The van der Waals surface area contributed by atoms with Gasteiger partial charge in [0.2, 0.25) is 0 Å². The Bertz CT molecular complexity index is 901. The van der Waals surface area contributed by atoms with Crippen molar-refractivity contribution in [1.29, 1.82) is 0 Å². The van der Waals surface area contributed by atoms with Crippen molar-refractivity contribution < 1.29 is 4.74 Å². The number of pyridine rings is 2. The molecule has 0 amide bonds. The molecule has 1 aliphatic heterocycles. The van der Waals surface area contributed by atoms with Crippen LogP contribution in [-0.4, -0.2) is 38.7 Å². The molecule has 3 aromatic rings. The molecule has 1 atom stereocenters. The maximum absolute atomic E-state index is 5.92. The molecule has 29 heavy (non-hydrogen) atoms. The van der Waals surface area contributed by atoms with E-state index in [4.69, 9.17) is 4.74 Å². The molecular formula is C24H30N4O. The molecule has 0 saturated carbocycles. The van der Waals surface area contributed by atoms with E-state index in [0.29, 0.717) is 6.10 Å². The van der Waals surface area contributed by atoms with Gasteiger partial charge in [-0.15, -0.1) is 0 Å². The number of rotatable bonds is 8. The summed E-state index contributed by atoms with van der Waals surface area (Å²) in [6.45, 7) is 8.86. The van der Waals surface area contributed by atoms with Crippen molar-refractivity contribution in [2.45, 2.75) is 52.4 Å². The maximum atomic E-state index is 5.92. The van der Waals surface area contributed by atoms with E-state index in [1.54, 1.807) is 0 Å². The fourth-order valence-electron chi connectivity index (χ4n) is 4.17. The third-order valence-electron chi connectivity index (χ3n) is 5.73. The Kier molecular flexibility index (Phi) is 6.37. The molecule has 0 spiro atoms. The molecule has 0 unspecified atom stereocenters. The second-order valence-electron chi connectivity index (χ2n) is 7.97. The van der Waals surface area contributed by atoms with Crippen LogP contribution in [-0.2, 0) is 24.4 Å². The Morgan fingerprint density at radius 2 is 2.07 bits per heavy atom. The summed E-state index contributed by atoms with van der Waals surface area (Å²) < 4.78 is 8.31. The van der Waals surface area contributed by atoms with Crippen molar-refractivity contribution in [3.63, 3.8) is 0 Å². The lowest BCUT2D eigenvalue weighted by molar-refractivity contribution is 0.0674. The highest BCUT2D eigenvalue weighted by Crippen LogP contribution is 2.21. The van der Waals surface area contributed by atoms with E-state index in [0.717, 1.165) is 44.9 Å². The van der Waals surface area contributed by atoms with Crippen molar-refractivity contribution in [2.24, 2.45) is 0 Å². The Balaban J connectivity index is 1.52. The predicted molar refractivity (Wildman–Crippen MR) is 115 cm³/mol. The molecule has 0 radical (unpaired) electrons. The second kappa shape index (κ2) is 9.33. The van der Waals surface area contributed by atoms with Crippen LogP contribution in [0.15, 0.2) is 55.0 Å². The molecule has 152 valence electrons. The van der Waals surface area contributed by atoms with Crippen molar-refractivity contribution in [1.82, 2.24) is 19.4 Å². The Morgan fingerprint density at radius 3 is 2.79 bits per heavy atom. The van der Waals surface area contributed by atoms with Crippen LogP contribution < -0.4 is 0 Å². The molecule has 0 N–H and O–H groups in total. The normalized spacial score (nSPS) is 16.6. The third-order valence-corrected chi connectivity index (χ3v) is 5.73. The van der Waals surface area contributed by atoms with E-state index in [2.05, 4.69) is 57.5 Å². The van der Waals surface area contributed by atoms with Crippen LogP contribution in [0.5, 0.6) is 0 Å². The molecule has 0 aromatic carbocycles. The zero-order chi connectivity index (χ0) is 20.1. The Morgan fingerprint density at radius 1 is 1.14 bits per heavy atom. The molecule has 4 heterocycles. The number of hydrogen-bond acceptors (Lipinski definition) is 4. The van der Waals surface area contributed by atoms with E-state index in [1.165, 1.54) is 28.9 Å². The summed E-state index contributed by atoms with van der Waals surface area (Å²) >= 11 is 0. The van der Waals surface area contributed by atoms with E-state index < -0.39 is 0 Å². The molecule has 1 aliphatic rings. The van der Waals surface area contributed by atoms with Gasteiger partial charge in [0, 0.05) is 62.8 Å². The Hall–Kier alpha value is -2.50. The lowest BCUT2D eigenvalue weighted by Gasteiger charge is -2.25. The lowest BCUT2D eigenvalue weighted by Crippen LogP contribution is -2.32. The molecule has 3 aromatic heterocycles. The van der Waals surface area contributed by atoms with Crippen LogP contribution in [0.4, 0.5) is 0 Å². The number of nitrogens with zero attached hydrogens (tertiary/aromatic N) is 4. The zero-order valence-corrected chi connectivity index (χ0v) is 17.4. The quantitative estimate of drug-likeness (QED) is 0.580. The second-order valence-corrected chi connectivity index (χ2v) is 7.97. The van der Waals surface area contributed by atoms with Gasteiger partial charge in [-0.05, 0) is 62.1 Å². The van der Waals surface area contributed by atoms with Gasteiger partial charge in [-0.3, -0.25) is 14.9 Å². The first kappa shape index (κ1) is 19.8. The van der Waals surface area contributed by atoms with Gasteiger partial charge in [0.1, 0.15) is 0 Å². The van der Waals surface area contributed by atoms with Crippen LogP contribution in [0.25, 0.3) is 0 Å². The minimum Gasteiger partial charge on any atom is -0.377 e. The minimum atomic E-state index is 0.331. The highest BCUT2D eigenvalue weighted by atomic mass is 16.5. The maximum Gasteiger partial charge on any atom is 0.0703 e. The van der Waals surface area contributed by atoms with Gasteiger partial charge in [0.15, 0.2) is 0 Å². The van der Waals surface area contributed by atoms with E-state index in [1.807, 2.05) is 30.7 Å². The predicted octanol–water partition coefficient (Wildman–Crippen LogP) is 4.12. The average Bonchev–Trinajstić information content (AvgIpc) is 3.33. The van der Waals surface area contributed by atoms with Crippen LogP contribution in [0.1, 0.15) is 41.1 Å². The Labute approximate surface area is 173 Å². The molecule has 1 saturated heterocycles. The topological polar surface area (TPSA) is 43.2 Å². The van der Waals surface area contributed by atoms with Crippen molar-refractivity contribution in [3.8, 4) is 0 Å². The van der Waals surface area contributed by atoms with Crippen LogP contribution in [0.2, 0.25) is 0 Å². The van der Waals surface area contributed by atoms with Crippen LogP contribution in [0.3, 0.4) is 0 Å². The van der Waals surface area contributed by atoms with Crippen molar-refractivity contribution in [3.05, 3.63) is 83.2 Å². The largest absolute Gasteiger partial charge is 0.377 e. The van der Waals surface area contributed by atoms with Gasteiger partial charge in [-0.2, -0.15) is 0 Å². The standard InChI is InChI=1S/C24H30N4O/c1-19-13-22(20(2)28(19)15-21-7-5-10-25-14-21)16-27(18-24-9-6-12-29-24)17-23-8-3-4-11-26-23/h3-5,7-8,10-11,13-14,24H,6,9,12,15-18H2,1-2H3/t24-/m1/s1. The fourth-order valence-corrected chi connectivity index (χ4v) is 4.17. The molecule has 1 fully saturated rings. The molecule has 5 nitrogen and oxygen atoms in total. The third kappa shape index (κ3) is 5.11. The van der Waals surface area contributed by atoms with Gasteiger partial charge in [-0.25, -0.2) is 0 Å². The minimum absolute atomic E-state index is 0.331. The molecular weight excluding hydrogens is 360 g/mol. The number of ether oxygens (including phenoxy) is 1. The number of hydrogen-bond donors (Lipinski definition) is 0. The highest BCUT2D eigenvalue weighted by Gasteiger charge is 2.21. The van der Waals surface area contributed by atoms with E-state index in [-0.39, 0.29) is 0 Å². The SMILES string of the molecule is Cc1cc(CN(Cc2ccccn2)C[C@H]2CCCO2)c(C)n1Cc1cccnc1. The van der Waals surface area contributed by atoms with Crippen LogP contribution in [0, 0.1) is 13.8 Å². The first-order chi connectivity index (χ1) is 14.2. The molecule has 0 aliphatic carbocycles. The van der Waals surface area contributed by atoms with E-state index >= 15 is 0 Å². The monoisotopic (exact) mass is 390 g/mol. The summed E-state index contributed by atoms with van der Waals surface area (Å²) in [4.78, 5) is 11.3. The van der Waals surface area contributed by atoms with E-state index in [9.17, 15) is 0 Å². The van der Waals surface area contributed by atoms with Gasteiger partial charge in [0.05, 0.1) is 11.8 Å². The lowest BCUT2D eigenvalue weighted by atomic mass is 10.1. The number of aryl methyl sites for hydroxylation is 1. The van der Waals surface area contributed by atoms with Crippen LogP contribution >= 0.6 is 0 Å².